The molecule has 0 atom stereocenters. The molecule has 0 aromatic heterocycles. The second-order valence-electron chi connectivity index (χ2n) is 6.72. The molecular formula is C21H25N3O2. The Labute approximate surface area is 154 Å². The molecule has 26 heavy (non-hydrogen) atoms. The molecule has 1 fully saturated rings. The zero-order chi connectivity index (χ0) is 18.4. The van der Waals surface area contributed by atoms with Crippen LogP contribution in [0, 0.1) is 0 Å². The van der Waals surface area contributed by atoms with Gasteiger partial charge in [-0.05, 0) is 48.6 Å². The maximum Gasteiger partial charge on any atom is 0.224 e. The number of amides is 2. The quantitative estimate of drug-likeness (QED) is 0.784. The first-order chi connectivity index (χ1) is 12.6. The third-order valence-corrected chi connectivity index (χ3v) is 4.68. The Hall–Kier alpha value is -2.82. The number of benzene rings is 2. The molecule has 0 radical (unpaired) electrons. The first kappa shape index (κ1) is 18.0. The molecular weight excluding hydrogens is 326 g/mol. The van der Waals surface area contributed by atoms with Crippen LogP contribution in [0.15, 0.2) is 48.5 Å². The highest BCUT2D eigenvalue weighted by Gasteiger charge is 2.18. The van der Waals surface area contributed by atoms with Gasteiger partial charge in [-0.15, -0.1) is 0 Å². The number of hydrogen-bond acceptors (Lipinski definition) is 3. The van der Waals surface area contributed by atoms with E-state index in [-0.39, 0.29) is 11.8 Å². The Kier molecular flexibility index (Phi) is 5.89. The molecule has 3 rings (SSSR count). The van der Waals surface area contributed by atoms with Crippen LogP contribution in [0.2, 0.25) is 0 Å². The third-order valence-electron chi connectivity index (χ3n) is 4.68. The number of likely N-dealkylation sites (tertiary alicyclic amines) is 1. The topological polar surface area (TPSA) is 75.4 Å². The number of nitrogens with one attached hydrogen (secondary N) is 1. The molecule has 2 aromatic carbocycles. The van der Waals surface area contributed by atoms with Crippen LogP contribution in [0.4, 0.5) is 11.4 Å². The number of anilines is 2. The number of aryl methyl sites for hydroxylation is 1. The van der Waals surface area contributed by atoms with Crippen molar-refractivity contribution < 1.29 is 9.59 Å². The number of carbonyl (C=O) groups is 2. The summed E-state index contributed by atoms with van der Waals surface area (Å²) in [5.74, 6) is 0.172. The predicted octanol–water partition coefficient (Wildman–Crippen LogP) is 3.35. The third kappa shape index (κ3) is 4.85. The molecule has 5 heteroatoms. The van der Waals surface area contributed by atoms with E-state index >= 15 is 0 Å². The number of piperidine rings is 1. The highest BCUT2D eigenvalue weighted by atomic mass is 16.2. The van der Waals surface area contributed by atoms with Crippen molar-refractivity contribution >= 4 is 23.2 Å². The number of carbonyl (C=O) groups excluding carboxylic acids is 2. The van der Waals surface area contributed by atoms with Gasteiger partial charge in [-0.2, -0.15) is 0 Å². The van der Waals surface area contributed by atoms with E-state index in [1.165, 1.54) is 0 Å². The summed E-state index contributed by atoms with van der Waals surface area (Å²) in [7, 11) is 0. The summed E-state index contributed by atoms with van der Waals surface area (Å²) < 4.78 is 0. The fourth-order valence-electron chi connectivity index (χ4n) is 3.23. The number of para-hydroxylation sites is 1. The summed E-state index contributed by atoms with van der Waals surface area (Å²) in [4.78, 5) is 26.1. The van der Waals surface area contributed by atoms with Crippen molar-refractivity contribution in [3.63, 3.8) is 0 Å². The summed E-state index contributed by atoms with van der Waals surface area (Å²) in [5, 5.41) is 2.94. The van der Waals surface area contributed by atoms with Gasteiger partial charge in [0.15, 0.2) is 0 Å². The van der Waals surface area contributed by atoms with Crippen LogP contribution < -0.4 is 11.1 Å². The van der Waals surface area contributed by atoms with E-state index in [1.54, 1.807) is 0 Å². The number of nitrogen functional groups attached to an aromatic ring is 1. The van der Waals surface area contributed by atoms with E-state index in [4.69, 9.17) is 5.73 Å². The number of nitrogens with zero attached hydrogens (tertiary/aromatic N) is 1. The standard InChI is InChI=1S/C21H25N3O2/c22-19-9-2-1-7-17(19)11-12-20(25)23-18-8-5-6-16(14-18)15-24-13-4-3-10-21(24)26/h1-2,5-9,14H,3-4,10-13,15,22H2,(H,23,25). The molecule has 0 unspecified atom stereocenters. The monoisotopic (exact) mass is 351 g/mol. The van der Waals surface area contributed by atoms with E-state index in [2.05, 4.69) is 5.32 Å². The lowest BCUT2D eigenvalue weighted by Crippen LogP contribution is -2.34. The van der Waals surface area contributed by atoms with Crippen LogP contribution in [-0.2, 0) is 22.6 Å². The average molecular weight is 351 g/mol. The normalized spacial score (nSPS) is 14.3. The zero-order valence-electron chi connectivity index (χ0n) is 14.9. The molecule has 1 saturated heterocycles. The maximum absolute atomic E-state index is 12.2. The van der Waals surface area contributed by atoms with Crippen molar-refractivity contribution in [1.82, 2.24) is 4.90 Å². The number of rotatable bonds is 6. The molecule has 2 aromatic rings. The first-order valence-electron chi connectivity index (χ1n) is 9.12. The fourth-order valence-corrected chi connectivity index (χ4v) is 3.23. The van der Waals surface area contributed by atoms with Crippen molar-refractivity contribution in [2.45, 2.75) is 38.6 Å². The van der Waals surface area contributed by atoms with Crippen molar-refractivity contribution in [2.75, 3.05) is 17.6 Å². The van der Waals surface area contributed by atoms with Crippen LogP contribution in [0.3, 0.4) is 0 Å². The Morgan fingerprint density at radius 2 is 1.96 bits per heavy atom. The highest BCUT2D eigenvalue weighted by Crippen LogP contribution is 2.18. The van der Waals surface area contributed by atoms with E-state index < -0.39 is 0 Å². The SMILES string of the molecule is Nc1ccccc1CCC(=O)Nc1cccc(CN2CCCCC2=O)c1. The lowest BCUT2D eigenvalue weighted by Gasteiger charge is -2.26. The Morgan fingerprint density at radius 3 is 2.77 bits per heavy atom. The van der Waals surface area contributed by atoms with Gasteiger partial charge in [-0.3, -0.25) is 9.59 Å². The summed E-state index contributed by atoms with van der Waals surface area (Å²) in [5.41, 5.74) is 9.41. The molecule has 2 amide bonds. The second-order valence-corrected chi connectivity index (χ2v) is 6.72. The highest BCUT2D eigenvalue weighted by molar-refractivity contribution is 5.91. The van der Waals surface area contributed by atoms with Gasteiger partial charge in [0.05, 0.1) is 0 Å². The van der Waals surface area contributed by atoms with Gasteiger partial charge in [0.25, 0.3) is 0 Å². The lowest BCUT2D eigenvalue weighted by atomic mass is 10.1. The Balaban J connectivity index is 1.55. The van der Waals surface area contributed by atoms with E-state index in [0.29, 0.717) is 31.5 Å². The fraction of sp³-hybridized carbons (Fsp3) is 0.333. The van der Waals surface area contributed by atoms with Crippen LogP contribution in [0.25, 0.3) is 0 Å². The van der Waals surface area contributed by atoms with Gasteiger partial charge >= 0.3 is 0 Å². The van der Waals surface area contributed by atoms with Crippen LogP contribution in [0.1, 0.15) is 36.8 Å². The first-order valence-corrected chi connectivity index (χ1v) is 9.12. The minimum Gasteiger partial charge on any atom is -0.399 e. The summed E-state index contributed by atoms with van der Waals surface area (Å²) >= 11 is 0. The smallest absolute Gasteiger partial charge is 0.224 e. The lowest BCUT2D eigenvalue weighted by molar-refractivity contribution is -0.133. The van der Waals surface area contributed by atoms with Gasteiger partial charge in [-0.1, -0.05) is 30.3 Å². The zero-order valence-corrected chi connectivity index (χ0v) is 14.9. The summed E-state index contributed by atoms with van der Waals surface area (Å²) in [6, 6.07) is 15.3. The molecule has 0 spiro atoms. The van der Waals surface area contributed by atoms with Crippen LogP contribution in [0.5, 0.6) is 0 Å². The maximum atomic E-state index is 12.2. The van der Waals surface area contributed by atoms with Gasteiger partial charge in [0.2, 0.25) is 11.8 Å². The minimum atomic E-state index is -0.0422. The molecule has 5 nitrogen and oxygen atoms in total. The average Bonchev–Trinajstić information content (AvgIpc) is 2.63. The van der Waals surface area contributed by atoms with Gasteiger partial charge in [-0.25, -0.2) is 0 Å². The van der Waals surface area contributed by atoms with Crippen LogP contribution in [-0.4, -0.2) is 23.3 Å². The van der Waals surface area contributed by atoms with Crippen molar-refractivity contribution in [2.24, 2.45) is 0 Å². The molecule has 0 bridgehead atoms. The second kappa shape index (κ2) is 8.52. The van der Waals surface area contributed by atoms with Crippen molar-refractivity contribution in [3.05, 3.63) is 59.7 Å². The van der Waals surface area contributed by atoms with Gasteiger partial charge in [0, 0.05) is 37.3 Å². The Morgan fingerprint density at radius 1 is 1.12 bits per heavy atom. The largest absolute Gasteiger partial charge is 0.399 e. The van der Waals surface area contributed by atoms with Crippen LogP contribution >= 0.6 is 0 Å². The van der Waals surface area contributed by atoms with E-state index in [9.17, 15) is 9.59 Å². The summed E-state index contributed by atoms with van der Waals surface area (Å²) in [6.07, 6.45) is 3.67. The predicted molar refractivity (Wildman–Crippen MR) is 104 cm³/mol. The molecule has 1 aliphatic rings. The van der Waals surface area contributed by atoms with Gasteiger partial charge in [0.1, 0.15) is 0 Å². The number of nitrogens with two attached hydrogens (primary N) is 1. The molecule has 0 saturated carbocycles. The number of hydrogen-bond donors (Lipinski definition) is 2. The Bertz CT molecular complexity index is 788. The molecule has 3 N–H and O–H groups in total. The van der Waals surface area contributed by atoms with Crippen molar-refractivity contribution in [1.29, 1.82) is 0 Å². The van der Waals surface area contributed by atoms with E-state index in [1.807, 2.05) is 53.4 Å². The summed E-state index contributed by atoms with van der Waals surface area (Å²) in [6.45, 7) is 1.41. The molecule has 1 heterocycles. The molecule has 0 aliphatic carbocycles. The van der Waals surface area contributed by atoms with E-state index in [0.717, 1.165) is 36.2 Å². The molecule has 1 aliphatic heterocycles. The molecule has 136 valence electrons. The van der Waals surface area contributed by atoms with Gasteiger partial charge < -0.3 is 16.0 Å². The van der Waals surface area contributed by atoms with Crippen molar-refractivity contribution in [3.8, 4) is 0 Å². The minimum absolute atomic E-state index is 0.0422.